The molecule has 102 valence electrons. The second-order valence-electron chi connectivity index (χ2n) is 4.09. The summed E-state index contributed by atoms with van der Waals surface area (Å²) in [7, 11) is 0. The van der Waals surface area contributed by atoms with Crippen molar-refractivity contribution in [2.24, 2.45) is 0 Å². The number of aromatic nitrogens is 2. The van der Waals surface area contributed by atoms with Gasteiger partial charge >= 0.3 is 0 Å². The molecule has 0 amide bonds. The molecule has 4 nitrogen and oxygen atoms in total. The van der Waals surface area contributed by atoms with Crippen LogP contribution >= 0.6 is 11.8 Å². The van der Waals surface area contributed by atoms with Gasteiger partial charge in [0.15, 0.2) is 5.82 Å². The van der Waals surface area contributed by atoms with Crippen molar-refractivity contribution < 1.29 is 14.0 Å². The summed E-state index contributed by atoms with van der Waals surface area (Å²) in [5.74, 6) is 1.11. The Morgan fingerprint density at radius 1 is 1.42 bits per heavy atom. The topological polar surface area (TPSA) is 59.2 Å². The first-order chi connectivity index (χ1) is 9.19. The van der Waals surface area contributed by atoms with Gasteiger partial charge in [-0.2, -0.15) is 4.98 Å². The number of nitrogens with zero attached hydrogens (tertiary/aromatic N) is 2. The van der Waals surface area contributed by atoms with Crippen LogP contribution in [-0.2, 0) is 12.2 Å². The van der Waals surface area contributed by atoms with Gasteiger partial charge in [0.2, 0.25) is 5.89 Å². The fourth-order valence-electron chi connectivity index (χ4n) is 1.48. The maximum absolute atomic E-state index is 13.4. The first kappa shape index (κ1) is 14.0. The van der Waals surface area contributed by atoms with Gasteiger partial charge in [0.1, 0.15) is 5.82 Å². The molecule has 1 N–H and O–H groups in total. The molecule has 6 heteroatoms. The van der Waals surface area contributed by atoms with Crippen molar-refractivity contribution in [1.82, 2.24) is 10.1 Å². The van der Waals surface area contributed by atoms with Crippen molar-refractivity contribution >= 4 is 11.8 Å². The lowest BCUT2D eigenvalue weighted by atomic mass is 10.2. The van der Waals surface area contributed by atoms with Crippen LogP contribution < -0.4 is 0 Å². The Labute approximate surface area is 115 Å². The van der Waals surface area contributed by atoms with Crippen LogP contribution in [0.4, 0.5) is 4.39 Å². The first-order valence-electron chi connectivity index (χ1n) is 6.06. The molecule has 19 heavy (non-hydrogen) atoms. The lowest BCUT2D eigenvalue weighted by Crippen LogP contribution is -2.08. The average molecular weight is 282 g/mol. The number of hydrogen-bond acceptors (Lipinski definition) is 5. The smallest absolute Gasteiger partial charge is 0.229 e. The number of hydrogen-bond donors (Lipinski definition) is 1. The Hall–Kier alpha value is -1.40. The quantitative estimate of drug-likeness (QED) is 0.826. The fraction of sp³-hybridized carbons (Fsp3) is 0.385. The highest BCUT2D eigenvalue weighted by Crippen LogP contribution is 2.24. The van der Waals surface area contributed by atoms with E-state index in [9.17, 15) is 9.50 Å². The molecule has 1 aromatic carbocycles. The lowest BCUT2D eigenvalue weighted by molar-refractivity contribution is 0.158. The van der Waals surface area contributed by atoms with Crippen molar-refractivity contribution in [3.8, 4) is 0 Å². The second kappa shape index (κ2) is 6.68. The van der Waals surface area contributed by atoms with Gasteiger partial charge in [-0.25, -0.2) is 4.39 Å². The monoisotopic (exact) mass is 282 g/mol. The van der Waals surface area contributed by atoms with E-state index in [2.05, 4.69) is 10.1 Å². The highest BCUT2D eigenvalue weighted by molar-refractivity contribution is 7.98. The van der Waals surface area contributed by atoms with Crippen molar-refractivity contribution in [1.29, 1.82) is 0 Å². The number of halogens is 1. The van der Waals surface area contributed by atoms with Crippen LogP contribution in [0, 0.1) is 5.82 Å². The minimum Gasteiger partial charge on any atom is -0.393 e. The average Bonchev–Trinajstić information content (AvgIpc) is 2.85. The van der Waals surface area contributed by atoms with Crippen molar-refractivity contribution in [3.05, 3.63) is 41.8 Å². The summed E-state index contributed by atoms with van der Waals surface area (Å²) in [6.07, 6.45) is 0.530. The normalized spacial score (nSPS) is 12.6. The minimum absolute atomic E-state index is 0.252. The number of aliphatic hydroxyl groups excluding tert-OH is 1. The van der Waals surface area contributed by atoms with Gasteiger partial charge in [0, 0.05) is 4.90 Å². The number of rotatable bonds is 6. The molecule has 0 bridgehead atoms. The molecule has 0 aliphatic carbocycles. The Balaban J connectivity index is 1.92. The Morgan fingerprint density at radius 3 is 2.95 bits per heavy atom. The third-order valence-electron chi connectivity index (χ3n) is 2.59. The molecule has 0 fully saturated rings. The molecular weight excluding hydrogens is 267 g/mol. The molecule has 1 heterocycles. The predicted molar refractivity (Wildman–Crippen MR) is 70.3 cm³/mol. The summed E-state index contributed by atoms with van der Waals surface area (Å²) < 4.78 is 18.4. The van der Waals surface area contributed by atoms with Gasteiger partial charge in [-0.15, -0.1) is 11.8 Å². The summed E-state index contributed by atoms with van der Waals surface area (Å²) >= 11 is 1.32. The summed E-state index contributed by atoms with van der Waals surface area (Å²) in [6, 6.07) is 6.56. The van der Waals surface area contributed by atoms with Gasteiger partial charge in [-0.1, -0.05) is 24.2 Å². The predicted octanol–water partition coefficient (Wildman–Crippen LogP) is 2.81. The summed E-state index contributed by atoms with van der Waals surface area (Å²) in [5.41, 5.74) is 0. The van der Waals surface area contributed by atoms with E-state index in [1.54, 1.807) is 18.2 Å². The van der Waals surface area contributed by atoms with E-state index in [-0.39, 0.29) is 5.82 Å². The van der Waals surface area contributed by atoms with Gasteiger partial charge in [0.05, 0.1) is 18.3 Å². The molecule has 0 aliphatic rings. The van der Waals surface area contributed by atoms with E-state index in [1.165, 1.54) is 17.8 Å². The van der Waals surface area contributed by atoms with Crippen LogP contribution in [0.25, 0.3) is 0 Å². The zero-order valence-electron chi connectivity index (χ0n) is 10.5. The molecular formula is C13H15FN2O2S. The van der Waals surface area contributed by atoms with Crippen LogP contribution in [0.1, 0.15) is 25.1 Å². The third kappa shape index (κ3) is 4.04. The maximum atomic E-state index is 13.4. The molecule has 0 spiro atoms. The highest BCUT2D eigenvalue weighted by Gasteiger charge is 2.11. The van der Waals surface area contributed by atoms with E-state index in [0.717, 1.165) is 0 Å². The largest absolute Gasteiger partial charge is 0.393 e. The zero-order valence-corrected chi connectivity index (χ0v) is 11.4. The molecule has 1 aromatic heterocycles. The molecule has 0 radical (unpaired) electrons. The Kier molecular flexibility index (Phi) is 4.93. The standard InChI is InChI=1S/C13H15FN2O2S/c1-2-9(17)7-13-15-12(16-18-13)8-19-11-6-4-3-5-10(11)14/h3-6,9,17H,2,7-8H2,1H3. The van der Waals surface area contributed by atoms with Gasteiger partial charge in [-0.3, -0.25) is 0 Å². The highest BCUT2D eigenvalue weighted by atomic mass is 32.2. The van der Waals surface area contributed by atoms with Crippen LogP contribution in [0.15, 0.2) is 33.7 Å². The summed E-state index contributed by atoms with van der Waals surface area (Å²) in [4.78, 5) is 4.72. The van der Waals surface area contributed by atoms with E-state index >= 15 is 0 Å². The lowest BCUT2D eigenvalue weighted by Gasteiger charge is -2.01. The van der Waals surface area contributed by atoms with Crippen molar-refractivity contribution in [2.45, 2.75) is 36.5 Å². The molecule has 2 aromatic rings. The Bertz CT molecular complexity index is 533. The molecule has 2 rings (SSSR count). The van der Waals surface area contributed by atoms with Gasteiger partial charge < -0.3 is 9.63 Å². The maximum Gasteiger partial charge on any atom is 0.229 e. The van der Waals surface area contributed by atoms with E-state index in [0.29, 0.717) is 35.2 Å². The molecule has 0 saturated heterocycles. The van der Waals surface area contributed by atoms with Crippen LogP contribution in [0.2, 0.25) is 0 Å². The SMILES string of the molecule is CCC(O)Cc1nc(CSc2ccccc2F)no1. The summed E-state index contributed by atoms with van der Waals surface area (Å²) in [5, 5.41) is 13.3. The van der Waals surface area contributed by atoms with Crippen LogP contribution in [0.3, 0.4) is 0 Å². The van der Waals surface area contributed by atoms with Crippen LogP contribution in [0.5, 0.6) is 0 Å². The van der Waals surface area contributed by atoms with Crippen LogP contribution in [-0.4, -0.2) is 21.4 Å². The third-order valence-corrected chi connectivity index (χ3v) is 3.63. The molecule has 0 aliphatic heterocycles. The minimum atomic E-state index is -0.465. The van der Waals surface area contributed by atoms with E-state index in [1.807, 2.05) is 6.92 Å². The number of thioether (sulfide) groups is 1. The van der Waals surface area contributed by atoms with Gasteiger partial charge in [-0.05, 0) is 18.6 Å². The second-order valence-corrected chi connectivity index (χ2v) is 5.11. The summed E-state index contributed by atoms with van der Waals surface area (Å²) in [6.45, 7) is 1.88. The molecule has 1 atom stereocenters. The van der Waals surface area contributed by atoms with Crippen molar-refractivity contribution in [3.63, 3.8) is 0 Å². The first-order valence-corrected chi connectivity index (χ1v) is 7.04. The molecule has 1 unspecified atom stereocenters. The Morgan fingerprint density at radius 2 is 2.21 bits per heavy atom. The number of aliphatic hydroxyl groups is 1. The van der Waals surface area contributed by atoms with Gasteiger partial charge in [0.25, 0.3) is 0 Å². The zero-order chi connectivity index (χ0) is 13.7. The van der Waals surface area contributed by atoms with Crippen molar-refractivity contribution in [2.75, 3.05) is 0 Å². The van der Waals surface area contributed by atoms with E-state index in [4.69, 9.17) is 4.52 Å². The molecule has 0 saturated carbocycles. The number of benzene rings is 1. The van der Waals surface area contributed by atoms with E-state index < -0.39 is 6.10 Å². The fourth-order valence-corrected chi connectivity index (χ4v) is 2.26.